The second-order valence-corrected chi connectivity index (χ2v) is 5.73. The van der Waals surface area contributed by atoms with Crippen molar-refractivity contribution in [1.82, 2.24) is 10.2 Å². The van der Waals surface area contributed by atoms with Gasteiger partial charge in [-0.05, 0) is 6.07 Å². The van der Waals surface area contributed by atoms with Crippen LogP contribution in [0.1, 0.15) is 17.9 Å². The van der Waals surface area contributed by atoms with Crippen LogP contribution in [0.5, 0.6) is 0 Å². The lowest BCUT2D eigenvalue weighted by molar-refractivity contribution is -0.128. The van der Waals surface area contributed by atoms with Crippen molar-refractivity contribution >= 4 is 35.2 Å². The van der Waals surface area contributed by atoms with Crippen molar-refractivity contribution in [1.29, 1.82) is 0 Å². The normalized spacial score (nSPS) is 18.7. The molecule has 1 fully saturated rings. The number of nitrogens with one attached hydrogen (secondary N) is 1. The van der Waals surface area contributed by atoms with E-state index in [1.54, 1.807) is 16.7 Å². The molecule has 2 amide bonds. The van der Waals surface area contributed by atoms with Crippen LogP contribution in [0.3, 0.4) is 0 Å². The maximum absolute atomic E-state index is 11.9. The molecular weight excluding hydrogens is 284 g/mol. The third-order valence-corrected chi connectivity index (χ3v) is 4.45. The standard InChI is InChI=1S/C13H15ClN2O2S/c1-9(17)15-6-7-16-12(18)8-19-13(16)10-4-2-3-5-11(10)14/h2-5,13H,6-8H2,1H3,(H,15,17). The maximum Gasteiger partial charge on any atom is 0.233 e. The molecule has 1 N–H and O–H groups in total. The molecule has 0 saturated carbocycles. The van der Waals surface area contributed by atoms with Crippen molar-refractivity contribution in [2.75, 3.05) is 18.8 Å². The van der Waals surface area contributed by atoms with Crippen LogP contribution in [0.2, 0.25) is 5.02 Å². The Morgan fingerprint density at radius 1 is 1.53 bits per heavy atom. The zero-order valence-corrected chi connectivity index (χ0v) is 12.1. The zero-order valence-electron chi connectivity index (χ0n) is 10.6. The van der Waals surface area contributed by atoms with Crippen LogP contribution in [0.4, 0.5) is 0 Å². The molecular formula is C13H15ClN2O2S. The largest absolute Gasteiger partial charge is 0.355 e. The third kappa shape index (κ3) is 3.42. The summed E-state index contributed by atoms with van der Waals surface area (Å²) in [6.45, 7) is 2.43. The highest BCUT2D eigenvalue weighted by molar-refractivity contribution is 8.00. The molecule has 19 heavy (non-hydrogen) atoms. The summed E-state index contributed by atoms with van der Waals surface area (Å²) >= 11 is 7.74. The molecule has 1 heterocycles. The number of hydrogen-bond acceptors (Lipinski definition) is 3. The molecule has 0 radical (unpaired) electrons. The van der Waals surface area contributed by atoms with Crippen molar-refractivity contribution in [2.45, 2.75) is 12.3 Å². The van der Waals surface area contributed by atoms with E-state index in [1.807, 2.05) is 24.3 Å². The van der Waals surface area contributed by atoms with Gasteiger partial charge in [0.25, 0.3) is 0 Å². The summed E-state index contributed by atoms with van der Waals surface area (Å²) in [4.78, 5) is 24.5. The highest BCUT2D eigenvalue weighted by Crippen LogP contribution is 2.40. The molecule has 102 valence electrons. The van der Waals surface area contributed by atoms with Gasteiger partial charge in [0.2, 0.25) is 11.8 Å². The van der Waals surface area contributed by atoms with Crippen LogP contribution in [0.15, 0.2) is 24.3 Å². The smallest absolute Gasteiger partial charge is 0.233 e. The van der Waals surface area contributed by atoms with Crippen molar-refractivity contribution in [3.05, 3.63) is 34.9 Å². The van der Waals surface area contributed by atoms with Gasteiger partial charge in [-0.25, -0.2) is 0 Å². The zero-order chi connectivity index (χ0) is 13.8. The summed E-state index contributed by atoms with van der Waals surface area (Å²) in [5, 5.41) is 3.31. The second-order valence-electron chi connectivity index (χ2n) is 4.25. The molecule has 1 aromatic rings. The average Bonchev–Trinajstić information content (AvgIpc) is 2.72. The summed E-state index contributed by atoms with van der Waals surface area (Å²) in [7, 11) is 0. The van der Waals surface area contributed by atoms with E-state index in [4.69, 9.17) is 11.6 Å². The first kappa shape index (κ1) is 14.2. The molecule has 1 saturated heterocycles. The van der Waals surface area contributed by atoms with Crippen LogP contribution >= 0.6 is 23.4 Å². The minimum Gasteiger partial charge on any atom is -0.355 e. The summed E-state index contributed by atoms with van der Waals surface area (Å²) in [6.07, 6.45) is 0. The van der Waals surface area contributed by atoms with E-state index in [0.717, 1.165) is 5.56 Å². The van der Waals surface area contributed by atoms with Gasteiger partial charge >= 0.3 is 0 Å². The van der Waals surface area contributed by atoms with Gasteiger partial charge in [0.05, 0.1) is 5.75 Å². The maximum atomic E-state index is 11.9. The molecule has 0 spiro atoms. The summed E-state index contributed by atoms with van der Waals surface area (Å²) in [6, 6.07) is 7.54. The van der Waals surface area contributed by atoms with E-state index < -0.39 is 0 Å². The fourth-order valence-corrected chi connectivity index (χ4v) is 3.54. The number of halogens is 1. The topological polar surface area (TPSA) is 49.4 Å². The molecule has 0 aromatic heterocycles. The quantitative estimate of drug-likeness (QED) is 0.925. The molecule has 4 nitrogen and oxygen atoms in total. The van der Waals surface area contributed by atoms with Gasteiger partial charge in [-0.1, -0.05) is 29.8 Å². The minimum atomic E-state index is -0.0893. The predicted octanol–water partition coefficient (Wildman–Crippen LogP) is 2.05. The molecule has 1 atom stereocenters. The molecule has 1 aliphatic rings. The van der Waals surface area contributed by atoms with E-state index >= 15 is 0 Å². The number of carbonyl (C=O) groups is 2. The molecule has 0 aliphatic carbocycles. The monoisotopic (exact) mass is 298 g/mol. The van der Waals surface area contributed by atoms with E-state index in [-0.39, 0.29) is 17.2 Å². The molecule has 1 aromatic carbocycles. The SMILES string of the molecule is CC(=O)NCCN1C(=O)CSC1c1ccccc1Cl. The Hall–Kier alpha value is -1.20. The lowest BCUT2D eigenvalue weighted by Gasteiger charge is -2.24. The summed E-state index contributed by atoms with van der Waals surface area (Å²) in [5.41, 5.74) is 0.947. The fourth-order valence-electron chi connectivity index (χ4n) is 1.98. The highest BCUT2D eigenvalue weighted by Gasteiger charge is 2.33. The summed E-state index contributed by atoms with van der Waals surface area (Å²) in [5.74, 6) is 0.449. The fraction of sp³-hybridized carbons (Fsp3) is 0.385. The van der Waals surface area contributed by atoms with Crippen LogP contribution in [-0.4, -0.2) is 35.6 Å². The van der Waals surface area contributed by atoms with Crippen LogP contribution in [-0.2, 0) is 9.59 Å². The van der Waals surface area contributed by atoms with Crippen LogP contribution in [0.25, 0.3) is 0 Å². The van der Waals surface area contributed by atoms with E-state index in [2.05, 4.69) is 5.32 Å². The number of carbonyl (C=O) groups excluding carboxylic acids is 2. The molecule has 6 heteroatoms. The molecule has 0 bridgehead atoms. The number of amides is 2. The van der Waals surface area contributed by atoms with Crippen molar-refractivity contribution in [3.8, 4) is 0 Å². The number of benzene rings is 1. The Morgan fingerprint density at radius 2 is 2.26 bits per heavy atom. The van der Waals surface area contributed by atoms with Gasteiger partial charge in [0.1, 0.15) is 5.37 Å². The van der Waals surface area contributed by atoms with Gasteiger partial charge < -0.3 is 10.2 Å². The average molecular weight is 299 g/mol. The van der Waals surface area contributed by atoms with Gasteiger partial charge in [0.15, 0.2) is 0 Å². The lowest BCUT2D eigenvalue weighted by atomic mass is 10.2. The Kier molecular flexibility index (Phi) is 4.71. The minimum absolute atomic E-state index is 0.0602. The highest BCUT2D eigenvalue weighted by atomic mass is 35.5. The van der Waals surface area contributed by atoms with Gasteiger partial charge in [-0.15, -0.1) is 11.8 Å². The number of rotatable bonds is 4. The van der Waals surface area contributed by atoms with Gasteiger partial charge in [-0.2, -0.15) is 0 Å². The summed E-state index contributed by atoms with van der Waals surface area (Å²) < 4.78 is 0. The van der Waals surface area contributed by atoms with Crippen molar-refractivity contribution < 1.29 is 9.59 Å². The van der Waals surface area contributed by atoms with E-state index in [9.17, 15) is 9.59 Å². The van der Waals surface area contributed by atoms with E-state index in [1.165, 1.54) is 6.92 Å². The lowest BCUT2D eigenvalue weighted by Crippen LogP contribution is -2.36. The number of hydrogen-bond donors (Lipinski definition) is 1. The Bertz CT molecular complexity index is 495. The van der Waals surface area contributed by atoms with Gasteiger partial charge in [-0.3, -0.25) is 9.59 Å². The van der Waals surface area contributed by atoms with Gasteiger partial charge in [0, 0.05) is 30.6 Å². The van der Waals surface area contributed by atoms with E-state index in [0.29, 0.717) is 23.9 Å². The molecule has 2 rings (SSSR count). The first-order chi connectivity index (χ1) is 9.09. The predicted molar refractivity (Wildman–Crippen MR) is 77.0 cm³/mol. The first-order valence-corrected chi connectivity index (χ1v) is 7.42. The Morgan fingerprint density at radius 3 is 2.95 bits per heavy atom. The third-order valence-electron chi connectivity index (χ3n) is 2.87. The van der Waals surface area contributed by atoms with Crippen molar-refractivity contribution in [3.63, 3.8) is 0 Å². The second kappa shape index (κ2) is 6.30. The van der Waals surface area contributed by atoms with Crippen LogP contribution < -0.4 is 5.32 Å². The Balaban J connectivity index is 2.09. The van der Waals surface area contributed by atoms with Crippen LogP contribution in [0, 0.1) is 0 Å². The first-order valence-electron chi connectivity index (χ1n) is 5.99. The Labute approximate surface area is 121 Å². The molecule has 1 unspecified atom stereocenters. The van der Waals surface area contributed by atoms with Crippen molar-refractivity contribution in [2.24, 2.45) is 0 Å². The number of nitrogens with zero attached hydrogens (tertiary/aromatic N) is 1. The molecule has 1 aliphatic heterocycles. The number of thioether (sulfide) groups is 1.